The Morgan fingerprint density at radius 2 is 1.71 bits per heavy atom. The zero-order valence-corrected chi connectivity index (χ0v) is 23.2. The maximum Gasteiger partial charge on any atom is 0.416 e. The SMILES string of the molecule is CC[C@@H](C)NC(=O)[C@@H](C)N(Cc1ccc(OC)cc1)C(=O)CN(c1cc(C(F)(F)F)ccc1Cl)S(C)(=O)=O. The summed E-state index contributed by atoms with van der Waals surface area (Å²) in [6.07, 6.45) is -3.37. The third-order valence-electron chi connectivity index (χ3n) is 5.90. The van der Waals surface area contributed by atoms with E-state index in [0.29, 0.717) is 34.2 Å². The molecule has 2 amide bonds. The predicted octanol–water partition coefficient (Wildman–Crippen LogP) is 4.47. The van der Waals surface area contributed by atoms with E-state index in [1.165, 1.54) is 18.9 Å². The number of rotatable bonds is 11. The van der Waals surface area contributed by atoms with E-state index in [9.17, 15) is 31.2 Å². The van der Waals surface area contributed by atoms with Gasteiger partial charge in [-0.1, -0.05) is 30.7 Å². The molecule has 2 atom stereocenters. The highest BCUT2D eigenvalue weighted by molar-refractivity contribution is 7.92. The number of nitrogens with one attached hydrogen (secondary N) is 1. The van der Waals surface area contributed by atoms with Gasteiger partial charge in [-0.2, -0.15) is 13.2 Å². The summed E-state index contributed by atoms with van der Waals surface area (Å²) in [7, 11) is -2.77. The maximum absolute atomic E-state index is 13.5. The van der Waals surface area contributed by atoms with Gasteiger partial charge in [0.1, 0.15) is 18.3 Å². The summed E-state index contributed by atoms with van der Waals surface area (Å²) in [5, 5.41) is 2.50. The largest absolute Gasteiger partial charge is 0.497 e. The van der Waals surface area contributed by atoms with Crippen molar-refractivity contribution in [3.05, 3.63) is 58.6 Å². The van der Waals surface area contributed by atoms with E-state index in [1.54, 1.807) is 31.2 Å². The molecule has 0 fully saturated rings. The average molecular weight is 578 g/mol. The van der Waals surface area contributed by atoms with Crippen LogP contribution in [0, 0.1) is 0 Å². The van der Waals surface area contributed by atoms with Crippen LogP contribution in [0.3, 0.4) is 0 Å². The monoisotopic (exact) mass is 577 g/mol. The number of hydrogen-bond acceptors (Lipinski definition) is 5. The first-order chi connectivity index (χ1) is 17.6. The lowest BCUT2D eigenvalue weighted by atomic mass is 10.1. The number of carbonyl (C=O) groups excluding carboxylic acids is 2. The fraction of sp³-hybridized carbons (Fsp3) is 0.440. The summed E-state index contributed by atoms with van der Waals surface area (Å²) >= 11 is 6.08. The highest BCUT2D eigenvalue weighted by atomic mass is 35.5. The lowest BCUT2D eigenvalue weighted by Gasteiger charge is -2.32. The minimum Gasteiger partial charge on any atom is -0.497 e. The van der Waals surface area contributed by atoms with Crippen LogP contribution in [0.4, 0.5) is 18.9 Å². The molecule has 0 saturated carbocycles. The first kappa shape index (κ1) is 31.2. The fourth-order valence-electron chi connectivity index (χ4n) is 3.45. The Balaban J connectivity index is 2.49. The molecule has 2 aromatic carbocycles. The molecule has 13 heteroatoms. The zero-order valence-electron chi connectivity index (χ0n) is 21.7. The summed E-state index contributed by atoms with van der Waals surface area (Å²) in [5.74, 6) is -0.715. The zero-order chi connectivity index (χ0) is 28.8. The number of alkyl halides is 3. The number of nitrogens with zero attached hydrogens (tertiary/aromatic N) is 2. The highest BCUT2D eigenvalue weighted by Gasteiger charge is 2.34. The van der Waals surface area contributed by atoms with Gasteiger partial charge < -0.3 is 15.0 Å². The summed E-state index contributed by atoms with van der Waals surface area (Å²) in [6, 6.07) is 7.66. The molecule has 0 aliphatic carbocycles. The molecule has 0 spiro atoms. The molecule has 0 aliphatic heterocycles. The Morgan fingerprint density at radius 3 is 2.21 bits per heavy atom. The van der Waals surface area contributed by atoms with Crippen molar-refractivity contribution in [3.63, 3.8) is 0 Å². The number of amides is 2. The molecule has 0 radical (unpaired) electrons. The first-order valence-corrected chi connectivity index (χ1v) is 13.9. The standard InChI is InChI=1S/C25H31ClF3N3O5S/c1-6-16(2)30-24(34)17(3)31(14-18-7-10-20(37-4)11-8-18)23(33)15-32(38(5,35)36)22-13-19(25(27,28)29)9-12-21(22)26/h7-13,16-17H,6,14-15H2,1-5H3,(H,30,34)/t16-,17-/m1/s1. The van der Waals surface area contributed by atoms with Gasteiger partial charge >= 0.3 is 6.18 Å². The van der Waals surface area contributed by atoms with Gasteiger partial charge in [0.25, 0.3) is 0 Å². The van der Waals surface area contributed by atoms with Crippen LogP contribution in [0.25, 0.3) is 0 Å². The molecule has 0 saturated heterocycles. The molecule has 0 bridgehead atoms. The lowest BCUT2D eigenvalue weighted by molar-refractivity contribution is -0.139. The quantitative estimate of drug-likeness (QED) is 0.425. The van der Waals surface area contributed by atoms with E-state index in [1.807, 2.05) is 6.92 Å². The number of carbonyl (C=O) groups is 2. The van der Waals surface area contributed by atoms with Gasteiger partial charge in [0.2, 0.25) is 21.8 Å². The minimum atomic E-state index is -4.77. The van der Waals surface area contributed by atoms with Crippen molar-refractivity contribution in [2.24, 2.45) is 0 Å². The third-order valence-corrected chi connectivity index (χ3v) is 7.35. The van der Waals surface area contributed by atoms with E-state index in [-0.39, 0.29) is 17.6 Å². The number of hydrogen-bond donors (Lipinski definition) is 1. The van der Waals surface area contributed by atoms with Gasteiger partial charge in [-0.3, -0.25) is 13.9 Å². The normalized spacial score (nSPS) is 13.4. The van der Waals surface area contributed by atoms with E-state index in [0.717, 1.165) is 12.3 Å². The Morgan fingerprint density at radius 1 is 1.11 bits per heavy atom. The fourth-order valence-corrected chi connectivity index (χ4v) is 4.57. The van der Waals surface area contributed by atoms with Crippen LogP contribution < -0.4 is 14.4 Å². The summed E-state index contributed by atoms with van der Waals surface area (Å²) in [4.78, 5) is 27.6. The van der Waals surface area contributed by atoms with Crippen molar-refractivity contribution in [3.8, 4) is 5.75 Å². The third kappa shape index (κ3) is 8.26. The number of methoxy groups -OCH3 is 1. The molecule has 0 heterocycles. The Hall–Kier alpha value is -2.99. The molecule has 0 aromatic heterocycles. The number of anilines is 1. The van der Waals surface area contributed by atoms with Crippen LogP contribution in [-0.2, 0) is 32.3 Å². The van der Waals surface area contributed by atoms with E-state index in [4.69, 9.17) is 16.3 Å². The first-order valence-electron chi connectivity index (χ1n) is 11.7. The van der Waals surface area contributed by atoms with Crippen molar-refractivity contribution in [1.82, 2.24) is 10.2 Å². The molecule has 0 aliphatic rings. The van der Waals surface area contributed by atoms with Gasteiger partial charge in [0.15, 0.2) is 0 Å². The van der Waals surface area contributed by atoms with Gasteiger partial charge in [-0.25, -0.2) is 8.42 Å². The lowest BCUT2D eigenvalue weighted by Crippen LogP contribution is -2.52. The van der Waals surface area contributed by atoms with E-state index >= 15 is 0 Å². The van der Waals surface area contributed by atoms with Crippen LogP contribution >= 0.6 is 11.6 Å². The molecule has 8 nitrogen and oxygen atoms in total. The Bertz CT molecular complexity index is 1240. The second-order valence-electron chi connectivity index (χ2n) is 8.80. The van der Waals surface area contributed by atoms with Crippen molar-refractivity contribution in [2.45, 2.75) is 52.0 Å². The van der Waals surface area contributed by atoms with Gasteiger partial charge in [-0.05, 0) is 56.2 Å². The maximum atomic E-state index is 13.5. The van der Waals surface area contributed by atoms with Crippen LogP contribution in [0.2, 0.25) is 5.02 Å². The number of halogens is 4. The summed E-state index contributed by atoms with van der Waals surface area (Å²) in [5.41, 5.74) is -1.02. The number of benzene rings is 2. The highest BCUT2D eigenvalue weighted by Crippen LogP contribution is 2.36. The Kier molecular flexibility index (Phi) is 10.4. The molecular weight excluding hydrogens is 547 g/mol. The van der Waals surface area contributed by atoms with Crippen molar-refractivity contribution in [2.75, 3.05) is 24.2 Å². The second kappa shape index (κ2) is 12.7. The smallest absolute Gasteiger partial charge is 0.416 e. The van der Waals surface area contributed by atoms with Crippen LogP contribution in [0.5, 0.6) is 5.75 Å². The predicted molar refractivity (Wildman–Crippen MR) is 140 cm³/mol. The molecule has 0 unspecified atom stereocenters. The molecule has 38 heavy (non-hydrogen) atoms. The Labute approximate surface area is 225 Å². The van der Waals surface area contributed by atoms with Crippen molar-refractivity contribution >= 4 is 39.1 Å². The van der Waals surface area contributed by atoms with E-state index in [2.05, 4.69) is 5.32 Å². The molecule has 1 N–H and O–H groups in total. The summed E-state index contributed by atoms with van der Waals surface area (Å²) in [6.45, 7) is 4.20. The molecular formula is C25H31ClF3N3O5S. The minimum absolute atomic E-state index is 0.0775. The molecule has 2 aromatic rings. The number of ether oxygens (including phenoxy) is 1. The van der Waals surface area contributed by atoms with Crippen LogP contribution in [0.15, 0.2) is 42.5 Å². The number of sulfonamides is 1. The topological polar surface area (TPSA) is 96.0 Å². The van der Waals surface area contributed by atoms with Crippen molar-refractivity contribution in [1.29, 1.82) is 0 Å². The molecule has 2 rings (SSSR count). The average Bonchev–Trinajstić information content (AvgIpc) is 2.84. The van der Waals surface area contributed by atoms with Gasteiger partial charge in [-0.15, -0.1) is 0 Å². The van der Waals surface area contributed by atoms with Gasteiger partial charge in [0, 0.05) is 12.6 Å². The van der Waals surface area contributed by atoms with Crippen LogP contribution in [-0.4, -0.2) is 57.1 Å². The van der Waals surface area contributed by atoms with Crippen LogP contribution in [0.1, 0.15) is 38.3 Å². The summed E-state index contributed by atoms with van der Waals surface area (Å²) < 4.78 is 70.9. The van der Waals surface area contributed by atoms with Gasteiger partial charge in [0.05, 0.1) is 29.6 Å². The van der Waals surface area contributed by atoms with Crippen molar-refractivity contribution < 1.29 is 35.9 Å². The molecule has 210 valence electrons. The second-order valence-corrected chi connectivity index (χ2v) is 11.1. The van der Waals surface area contributed by atoms with E-state index < -0.39 is 51.9 Å².